The fourth-order valence-corrected chi connectivity index (χ4v) is 2.60. The highest BCUT2D eigenvalue weighted by molar-refractivity contribution is 7.09. The first kappa shape index (κ1) is 13.1. The van der Waals surface area contributed by atoms with Crippen molar-refractivity contribution in [3.63, 3.8) is 0 Å². The van der Waals surface area contributed by atoms with Crippen LogP contribution in [0.4, 0.5) is 0 Å². The summed E-state index contributed by atoms with van der Waals surface area (Å²) in [5.41, 5.74) is 3.01. The molecule has 2 aromatic heterocycles. The molecule has 0 amide bonds. The van der Waals surface area contributed by atoms with Crippen LogP contribution >= 0.6 is 11.3 Å². The zero-order valence-corrected chi connectivity index (χ0v) is 11.8. The number of hydrogen-bond donors (Lipinski definition) is 1. The number of hydrogen-bond acceptors (Lipinski definition) is 5. The summed E-state index contributed by atoms with van der Waals surface area (Å²) in [5.74, 6) is 0. The summed E-state index contributed by atoms with van der Waals surface area (Å²) in [6, 6.07) is 0.189. The van der Waals surface area contributed by atoms with Gasteiger partial charge in [-0.2, -0.15) is 0 Å². The van der Waals surface area contributed by atoms with Gasteiger partial charge in [0.2, 0.25) is 0 Å². The Morgan fingerprint density at radius 2 is 2.06 bits per heavy atom. The lowest BCUT2D eigenvalue weighted by molar-refractivity contribution is 0.533. The van der Waals surface area contributed by atoms with Crippen molar-refractivity contribution < 1.29 is 0 Å². The van der Waals surface area contributed by atoms with E-state index in [0.29, 0.717) is 0 Å². The molecule has 0 aliphatic heterocycles. The summed E-state index contributed by atoms with van der Waals surface area (Å²) in [7, 11) is 0. The molecule has 0 aromatic carbocycles. The minimum atomic E-state index is 0.189. The average molecular weight is 262 g/mol. The highest BCUT2D eigenvalue weighted by atomic mass is 32.1. The molecule has 0 bridgehead atoms. The number of nitrogens with zero attached hydrogens (tertiary/aromatic N) is 3. The predicted octanol–water partition coefficient (Wildman–Crippen LogP) is 2.44. The summed E-state index contributed by atoms with van der Waals surface area (Å²) >= 11 is 1.70. The Morgan fingerprint density at radius 1 is 1.22 bits per heavy atom. The number of nitrogens with one attached hydrogen (secondary N) is 1. The van der Waals surface area contributed by atoms with Gasteiger partial charge in [-0.05, 0) is 20.4 Å². The Labute approximate surface area is 112 Å². The van der Waals surface area contributed by atoms with E-state index in [0.717, 1.165) is 35.1 Å². The van der Waals surface area contributed by atoms with Crippen LogP contribution in [0.3, 0.4) is 0 Å². The molecule has 18 heavy (non-hydrogen) atoms. The van der Waals surface area contributed by atoms with Gasteiger partial charge < -0.3 is 5.32 Å². The van der Waals surface area contributed by atoms with Crippen molar-refractivity contribution in [1.82, 2.24) is 20.3 Å². The van der Waals surface area contributed by atoms with Gasteiger partial charge in [-0.15, -0.1) is 11.3 Å². The molecule has 4 nitrogen and oxygen atoms in total. The molecule has 0 radical (unpaired) electrons. The monoisotopic (exact) mass is 262 g/mol. The van der Waals surface area contributed by atoms with Gasteiger partial charge in [0.05, 0.1) is 28.6 Å². The maximum absolute atomic E-state index is 4.51. The Balaban J connectivity index is 2.14. The molecule has 1 unspecified atom stereocenters. The second-order valence-corrected chi connectivity index (χ2v) is 5.22. The predicted molar refractivity (Wildman–Crippen MR) is 73.7 cm³/mol. The first-order valence-electron chi connectivity index (χ1n) is 6.12. The van der Waals surface area contributed by atoms with Crippen LogP contribution in [0, 0.1) is 13.8 Å². The molecular formula is C13H18N4S. The van der Waals surface area contributed by atoms with Gasteiger partial charge in [-0.1, -0.05) is 6.92 Å². The highest BCUT2D eigenvalue weighted by Gasteiger charge is 2.14. The van der Waals surface area contributed by atoms with Crippen LogP contribution < -0.4 is 5.32 Å². The van der Waals surface area contributed by atoms with Crippen molar-refractivity contribution in [2.24, 2.45) is 0 Å². The Kier molecular flexibility index (Phi) is 4.38. The number of likely N-dealkylation sites (N-methyl/N-ethyl adjacent to an activating group) is 1. The number of thiazole rings is 1. The lowest BCUT2D eigenvalue weighted by atomic mass is 10.1. The van der Waals surface area contributed by atoms with Crippen LogP contribution in [-0.4, -0.2) is 21.5 Å². The molecule has 0 fully saturated rings. The van der Waals surface area contributed by atoms with Crippen molar-refractivity contribution in [2.45, 2.75) is 33.2 Å². The lowest BCUT2D eigenvalue weighted by Gasteiger charge is -2.15. The van der Waals surface area contributed by atoms with Gasteiger partial charge in [-0.3, -0.25) is 9.97 Å². The molecule has 0 saturated carbocycles. The van der Waals surface area contributed by atoms with E-state index in [4.69, 9.17) is 0 Å². The molecule has 96 valence electrons. The third kappa shape index (κ3) is 3.34. The van der Waals surface area contributed by atoms with Crippen molar-refractivity contribution in [2.75, 3.05) is 6.54 Å². The molecule has 2 aromatic rings. The maximum atomic E-state index is 4.51. The van der Waals surface area contributed by atoms with Crippen LogP contribution in [0.15, 0.2) is 17.8 Å². The third-order valence-electron chi connectivity index (χ3n) is 2.65. The summed E-state index contributed by atoms with van der Waals surface area (Å²) < 4.78 is 0. The van der Waals surface area contributed by atoms with Gasteiger partial charge in [0.15, 0.2) is 0 Å². The Bertz CT molecular complexity index is 492. The summed E-state index contributed by atoms with van der Waals surface area (Å²) in [6.07, 6.45) is 4.53. The summed E-state index contributed by atoms with van der Waals surface area (Å²) in [4.78, 5) is 13.3. The Morgan fingerprint density at radius 3 is 2.61 bits per heavy atom. The minimum Gasteiger partial charge on any atom is -0.309 e. The van der Waals surface area contributed by atoms with Crippen LogP contribution in [0.5, 0.6) is 0 Å². The van der Waals surface area contributed by atoms with Crippen molar-refractivity contribution in [3.8, 4) is 0 Å². The molecule has 2 rings (SSSR count). The van der Waals surface area contributed by atoms with E-state index >= 15 is 0 Å². The van der Waals surface area contributed by atoms with Crippen LogP contribution in [0.2, 0.25) is 0 Å². The average Bonchev–Trinajstić information content (AvgIpc) is 2.75. The van der Waals surface area contributed by atoms with Gasteiger partial charge in [0.1, 0.15) is 0 Å². The zero-order valence-electron chi connectivity index (χ0n) is 11.0. The highest BCUT2D eigenvalue weighted by Crippen LogP contribution is 2.18. The summed E-state index contributed by atoms with van der Waals surface area (Å²) in [6.45, 7) is 6.98. The molecule has 0 aliphatic rings. The smallest absolute Gasteiger partial charge is 0.0947 e. The van der Waals surface area contributed by atoms with E-state index in [1.54, 1.807) is 11.3 Å². The molecule has 2 heterocycles. The summed E-state index contributed by atoms with van der Waals surface area (Å²) in [5, 5.41) is 6.66. The van der Waals surface area contributed by atoms with E-state index in [9.17, 15) is 0 Å². The zero-order chi connectivity index (χ0) is 13.0. The quantitative estimate of drug-likeness (QED) is 0.899. The minimum absolute atomic E-state index is 0.189. The van der Waals surface area contributed by atoms with E-state index in [1.807, 2.05) is 26.2 Å². The van der Waals surface area contributed by atoms with Crippen molar-refractivity contribution >= 4 is 11.3 Å². The van der Waals surface area contributed by atoms with Gasteiger partial charge in [0, 0.05) is 23.7 Å². The van der Waals surface area contributed by atoms with Crippen LogP contribution in [0.25, 0.3) is 0 Å². The van der Waals surface area contributed by atoms with Crippen molar-refractivity contribution in [1.29, 1.82) is 0 Å². The normalized spacial score (nSPS) is 12.6. The standard InChI is InChI=1S/C13H18N4S/c1-4-14-11(5-13-17-10(3)8-18-13)12-7-15-9(2)6-16-12/h6-8,11,14H,4-5H2,1-3H3. The van der Waals surface area contributed by atoms with E-state index in [2.05, 4.69) is 32.6 Å². The fraction of sp³-hybridized carbons (Fsp3) is 0.462. The van der Waals surface area contributed by atoms with E-state index in [1.165, 1.54) is 0 Å². The second kappa shape index (κ2) is 6.02. The molecule has 0 saturated heterocycles. The Hall–Kier alpha value is -1.33. The first-order valence-corrected chi connectivity index (χ1v) is 7.00. The van der Waals surface area contributed by atoms with Gasteiger partial charge >= 0.3 is 0 Å². The van der Waals surface area contributed by atoms with Crippen molar-refractivity contribution in [3.05, 3.63) is 39.9 Å². The van der Waals surface area contributed by atoms with E-state index in [-0.39, 0.29) is 6.04 Å². The number of rotatable bonds is 5. The number of aryl methyl sites for hydroxylation is 2. The van der Waals surface area contributed by atoms with Crippen LogP contribution in [0.1, 0.15) is 35.1 Å². The SMILES string of the molecule is CCNC(Cc1nc(C)cs1)c1cnc(C)cn1. The third-order valence-corrected chi connectivity index (χ3v) is 3.64. The molecule has 0 spiro atoms. The molecular weight excluding hydrogens is 244 g/mol. The molecule has 0 aliphatic carbocycles. The molecule has 1 N–H and O–H groups in total. The number of aromatic nitrogens is 3. The van der Waals surface area contributed by atoms with E-state index < -0.39 is 0 Å². The largest absolute Gasteiger partial charge is 0.309 e. The van der Waals surface area contributed by atoms with Gasteiger partial charge in [-0.25, -0.2) is 4.98 Å². The molecule has 1 atom stereocenters. The topological polar surface area (TPSA) is 50.7 Å². The lowest BCUT2D eigenvalue weighted by Crippen LogP contribution is -2.24. The van der Waals surface area contributed by atoms with Crippen LogP contribution in [-0.2, 0) is 6.42 Å². The first-order chi connectivity index (χ1) is 8.69. The second-order valence-electron chi connectivity index (χ2n) is 4.28. The fourth-order valence-electron chi connectivity index (χ4n) is 1.78. The van der Waals surface area contributed by atoms with Gasteiger partial charge in [0.25, 0.3) is 0 Å². The molecule has 5 heteroatoms. The maximum Gasteiger partial charge on any atom is 0.0947 e.